The number of unbranched alkanes of at least 4 members (excludes halogenated alkanes) is 1. The van der Waals surface area contributed by atoms with Gasteiger partial charge in [-0.3, -0.25) is 0 Å². The zero-order valence-corrected chi connectivity index (χ0v) is 15.1. The van der Waals surface area contributed by atoms with Gasteiger partial charge in [-0.25, -0.2) is 0 Å². The first-order valence-electron chi connectivity index (χ1n) is 6.86. The normalized spacial score (nSPS) is 10.6. The summed E-state index contributed by atoms with van der Waals surface area (Å²) in [5.74, 6) is 1.74. The molecule has 4 nitrogen and oxygen atoms in total. The third-order valence-electron chi connectivity index (χ3n) is 2.59. The Labute approximate surface area is 141 Å². The summed E-state index contributed by atoms with van der Waals surface area (Å²) in [6, 6.07) is 7.86. The summed E-state index contributed by atoms with van der Waals surface area (Å²) in [7, 11) is 0. The summed E-state index contributed by atoms with van der Waals surface area (Å²) in [5, 5.41) is 12.5. The lowest BCUT2D eigenvalue weighted by molar-refractivity contribution is 0.344. The predicted molar refractivity (Wildman–Crippen MR) is 93.7 cm³/mol. The number of hydrogen-bond donors (Lipinski definition) is 1. The minimum atomic E-state index is 0.652. The first-order valence-corrected chi connectivity index (χ1v) is 9.46. The van der Waals surface area contributed by atoms with Gasteiger partial charge in [0.05, 0.1) is 6.61 Å². The smallest absolute Gasteiger partial charge is 0.206 e. The monoisotopic (exact) mass is 387 g/mol. The van der Waals surface area contributed by atoms with Crippen LogP contribution in [-0.2, 0) is 0 Å². The second-order valence-electron chi connectivity index (χ2n) is 4.31. The number of nitrogens with one attached hydrogen (secondary N) is 1. The first-order chi connectivity index (χ1) is 10.3. The molecule has 0 aliphatic carbocycles. The van der Waals surface area contributed by atoms with Crippen molar-refractivity contribution in [3.05, 3.63) is 28.7 Å². The Morgan fingerprint density at radius 2 is 2.29 bits per heavy atom. The minimum Gasteiger partial charge on any atom is -0.493 e. The van der Waals surface area contributed by atoms with Crippen LogP contribution in [0, 0.1) is 0 Å². The van der Waals surface area contributed by atoms with Gasteiger partial charge in [0.25, 0.3) is 0 Å². The van der Waals surface area contributed by atoms with Crippen LogP contribution < -0.4 is 10.1 Å². The number of ether oxygens (including phenoxy) is 1. The van der Waals surface area contributed by atoms with E-state index in [0.717, 1.165) is 38.4 Å². The van der Waals surface area contributed by atoms with E-state index in [1.54, 1.807) is 23.1 Å². The molecule has 1 heterocycles. The average Bonchev–Trinajstić information content (AvgIpc) is 2.92. The molecule has 2 aromatic rings. The van der Waals surface area contributed by atoms with Crippen LogP contribution in [0.3, 0.4) is 0 Å². The summed E-state index contributed by atoms with van der Waals surface area (Å²) < 4.78 is 7.69. The minimum absolute atomic E-state index is 0.652. The van der Waals surface area contributed by atoms with Gasteiger partial charge in [-0.15, -0.1) is 10.2 Å². The van der Waals surface area contributed by atoms with Gasteiger partial charge in [-0.2, -0.15) is 0 Å². The van der Waals surface area contributed by atoms with Crippen molar-refractivity contribution in [1.29, 1.82) is 0 Å². The van der Waals surface area contributed by atoms with Crippen LogP contribution >= 0.6 is 39.0 Å². The maximum atomic E-state index is 5.68. The molecule has 1 N–H and O–H groups in total. The third kappa shape index (κ3) is 6.23. The van der Waals surface area contributed by atoms with Crippen LogP contribution in [0.25, 0.3) is 0 Å². The number of hydrogen-bond acceptors (Lipinski definition) is 6. The third-order valence-corrected chi connectivity index (χ3v) is 5.06. The summed E-state index contributed by atoms with van der Waals surface area (Å²) in [6.07, 6.45) is 2.34. The van der Waals surface area contributed by atoms with Gasteiger partial charge in [0, 0.05) is 16.8 Å². The molecule has 0 radical (unpaired) electrons. The van der Waals surface area contributed by atoms with Crippen molar-refractivity contribution in [1.82, 2.24) is 10.2 Å². The zero-order valence-electron chi connectivity index (χ0n) is 11.8. The number of benzene rings is 1. The van der Waals surface area contributed by atoms with Crippen LogP contribution in [0.5, 0.6) is 5.75 Å². The highest BCUT2D eigenvalue weighted by molar-refractivity contribution is 9.10. The van der Waals surface area contributed by atoms with Crippen molar-refractivity contribution in [2.75, 3.05) is 24.2 Å². The topological polar surface area (TPSA) is 47.0 Å². The molecule has 0 atom stereocenters. The molecule has 1 aromatic heterocycles. The maximum Gasteiger partial charge on any atom is 0.206 e. The number of halogens is 1. The molecule has 0 fully saturated rings. The van der Waals surface area contributed by atoms with Gasteiger partial charge in [-0.05, 0) is 24.6 Å². The molecule has 2 rings (SSSR count). The molecule has 114 valence electrons. The van der Waals surface area contributed by atoms with Crippen molar-refractivity contribution in [3.8, 4) is 5.75 Å². The Balaban J connectivity index is 1.66. The maximum absolute atomic E-state index is 5.68. The summed E-state index contributed by atoms with van der Waals surface area (Å²) >= 11 is 6.70. The highest BCUT2D eigenvalue weighted by Crippen LogP contribution is 2.25. The van der Waals surface area contributed by atoms with E-state index in [9.17, 15) is 0 Å². The van der Waals surface area contributed by atoms with E-state index in [0.29, 0.717) is 6.61 Å². The standard InChI is InChI=1S/C14H18BrN3OS2/c1-2-3-7-16-13-17-18-14(21-13)20-9-8-19-12-6-4-5-11(15)10-12/h4-6,10H,2-3,7-9H2,1H3,(H,16,17). The second kappa shape index (κ2) is 9.27. The molecule has 0 saturated carbocycles. The Bertz CT molecular complexity index is 551. The molecule has 0 aliphatic rings. The summed E-state index contributed by atoms with van der Waals surface area (Å²) in [5.41, 5.74) is 0. The van der Waals surface area contributed by atoms with Crippen molar-refractivity contribution in [2.45, 2.75) is 24.1 Å². The Morgan fingerprint density at radius 1 is 1.38 bits per heavy atom. The van der Waals surface area contributed by atoms with Gasteiger partial charge in [0.2, 0.25) is 5.13 Å². The van der Waals surface area contributed by atoms with E-state index in [1.165, 1.54) is 6.42 Å². The van der Waals surface area contributed by atoms with Crippen LogP contribution in [-0.4, -0.2) is 29.1 Å². The van der Waals surface area contributed by atoms with Crippen molar-refractivity contribution >= 4 is 44.2 Å². The fourth-order valence-electron chi connectivity index (χ4n) is 1.56. The highest BCUT2D eigenvalue weighted by atomic mass is 79.9. The van der Waals surface area contributed by atoms with Crippen LogP contribution in [0.15, 0.2) is 33.1 Å². The number of rotatable bonds is 9. The first kappa shape index (κ1) is 16.6. The lowest BCUT2D eigenvalue weighted by Gasteiger charge is -2.04. The molecule has 0 amide bonds. The van der Waals surface area contributed by atoms with Crippen LogP contribution in [0.2, 0.25) is 0 Å². The molecule has 21 heavy (non-hydrogen) atoms. The highest BCUT2D eigenvalue weighted by Gasteiger charge is 2.04. The predicted octanol–water partition coefficient (Wildman–Crippen LogP) is 4.68. The van der Waals surface area contributed by atoms with Gasteiger partial charge in [0.15, 0.2) is 4.34 Å². The largest absolute Gasteiger partial charge is 0.493 e. The second-order valence-corrected chi connectivity index (χ2v) is 7.54. The van der Waals surface area contributed by atoms with Crippen LogP contribution in [0.4, 0.5) is 5.13 Å². The SMILES string of the molecule is CCCCNc1nnc(SCCOc2cccc(Br)c2)s1. The van der Waals surface area contributed by atoms with Gasteiger partial charge < -0.3 is 10.1 Å². The average molecular weight is 388 g/mol. The van der Waals surface area contributed by atoms with E-state index in [1.807, 2.05) is 24.3 Å². The fourth-order valence-corrected chi connectivity index (χ4v) is 3.60. The number of anilines is 1. The van der Waals surface area contributed by atoms with E-state index in [2.05, 4.69) is 38.4 Å². The van der Waals surface area contributed by atoms with Crippen molar-refractivity contribution in [3.63, 3.8) is 0 Å². The molecule has 0 aliphatic heterocycles. The van der Waals surface area contributed by atoms with E-state index in [4.69, 9.17) is 4.74 Å². The fraction of sp³-hybridized carbons (Fsp3) is 0.429. The molecule has 0 unspecified atom stereocenters. The molecule has 7 heteroatoms. The molecule has 0 spiro atoms. The van der Waals surface area contributed by atoms with Crippen molar-refractivity contribution < 1.29 is 4.74 Å². The van der Waals surface area contributed by atoms with E-state index < -0.39 is 0 Å². The van der Waals surface area contributed by atoms with Crippen molar-refractivity contribution in [2.24, 2.45) is 0 Å². The molecule has 0 bridgehead atoms. The van der Waals surface area contributed by atoms with E-state index in [-0.39, 0.29) is 0 Å². The Morgan fingerprint density at radius 3 is 3.10 bits per heavy atom. The summed E-state index contributed by atoms with van der Waals surface area (Å²) in [6.45, 7) is 3.79. The van der Waals surface area contributed by atoms with Gasteiger partial charge in [-0.1, -0.05) is 58.4 Å². The van der Waals surface area contributed by atoms with Gasteiger partial charge >= 0.3 is 0 Å². The van der Waals surface area contributed by atoms with Gasteiger partial charge in [0.1, 0.15) is 5.75 Å². The lowest BCUT2D eigenvalue weighted by atomic mass is 10.3. The van der Waals surface area contributed by atoms with Crippen LogP contribution in [0.1, 0.15) is 19.8 Å². The van der Waals surface area contributed by atoms with E-state index >= 15 is 0 Å². The number of nitrogens with zero attached hydrogens (tertiary/aromatic N) is 2. The number of aromatic nitrogens is 2. The Hall–Kier alpha value is -0.790. The molecule has 1 aromatic carbocycles. The lowest BCUT2D eigenvalue weighted by Crippen LogP contribution is -1.99. The molecular formula is C14H18BrN3OS2. The quantitative estimate of drug-likeness (QED) is 0.499. The molecule has 0 saturated heterocycles. The Kier molecular flexibility index (Phi) is 7.32. The summed E-state index contributed by atoms with van der Waals surface area (Å²) in [4.78, 5) is 0. The zero-order chi connectivity index (χ0) is 14.9. The molecular weight excluding hydrogens is 370 g/mol. The number of thioether (sulfide) groups is 1.